The molecule has 2 amide bonds. The minimum Gasteiger partial charge on any atom is -0.335 e. The molecule has 2 unspecified atom stereocenters. The number of anilines is 1. The molecule has 0 heterocycles. The number of benzene rings is 1. The van der Waals surface area contributed by atoms with Crippen LogP contribution in [0.2, 0.25) is 0 Å². The van der Waals surface area contributed by atoms with Crippen LogP contribution < -0.4 is 16.4 Å². The lowest BCUT2D eigenvalue weighted by Gasteiger charge is -2.27. The fourth-order valence-corrected chi connectivity index (χ4v) is 2.79. The Bertz CT molecular complexity index is 465. The van der Waals surface area contributed by atoms with Gasteiger partial charge in [0.25, 0.3) is 0 Å². The lowest BCUT2D eigenvalue weighted by atomic mass is 9.87. The average Bonchev–Trinajstić information content (AvgIpc) is 2.69. The summed E-state index contributed by atoms with van der Waals surface area (Å²) in [5, 5.41) is 5.96. The van der Waals surface area contributed by atoms with Crippen LogP contribution in [0.3, 0.4) is 0 Å². The van der Waals surface area contributed by atoms with E-state index >= 15 is 0 Å². The molecule has 1 aliphatic carbocycles. The zero-order valence-corrected chi connectivity index (χ0v) is 12.6. The zero-order valence-electron chi connectivity index (χ0n) is 12.6. The smallest absolute Gasteiger partial charge is 0.319 e. The van der Waals surface area contributed by atoms with Crippen LogP contribution in [-0.2, 0) is 0 Å². The number of carbonyl (C=O) groups excluding carboxylic acids is 1. The molecular formula is C16H25N3O. The van der Waals surface area contributed by atoms with E-state index in [0.717, 1.165) is 17.7 Å². The number of urea groups is 1. The van der Waals surface area contributed by atoms with E-state index in [0.29, 0.717) is 0 Å². The lowest BCUT2D eigenvalue weighted by Crippen LogP contribution is -2.43. The van der Waals surface area contributed by atoms with Crippen molar-refractivity contribution in [3.05, 3.63) is 29.8 Å². The van der Waals surface area contributed by atoms with E-state index < -0.39 is 0 Å². The van der Waals surface area contributed by atoms with Crippen LogP contribution in [0.5, 0.6) is 0 Å². The van der Waals surface area contributed by atoms with Crippen molar-refractivity contribution in [3.63, 3.8) is 0 Å². The van der Waals surface area contributed by atoms with Crippen molar-refractivity contribution in [2.45, 2.75) is 52.1 Å². The average molecular weight is 275 g/mol. The van der Waals surface area contributed by atoms with Crippen molar-refractivity contribution in [1.82, 2.24) is 5.32 Å². The Balaban J connectivity index is 1.91. The number of rotatable bonds is 3. The van der Waals surface area contributed by atoms with E-state index in [1.165, 1.54) is 12.8 Å². The number of hydrogen-bond acceptors (Lipinski definition) is 2. The van der Waals surface area contributed by atoms with E-state index in [2.05, 4.69) is 24.5 Å². The van der Waals surface area contributed by atoms with E-state index in [-0.39, 0.29) is 23.5 Å². The van der Waals surface area contributed by atoms with Gasteiger partial charge in [-0.2, -0.15) is 0 Å². The highest BCUT2D eigenvalue weighted by atomic mass is 16.2. The van der Waals surface area contributed by atoms with Gasteiger partial charge in [-0.1, -0.05) is 32.4 Å². The maximum Gasteiger partial charge on any atom is 0.319 e. The van der Waals surface area contributed by atoms with Crippen LogP contribution >= 0.6 is 0 Å². The first kappa shape index (κ1) is 14.9. The third-order valence-corrected chi connectivity index (χ3v) is 4.26. The molecule has 4 N–H and O–H groups in total. The molecule has 20 heavy (non-hydrogen) atoms. The van der Waals surface area contributed by atoms with Crippen molar-refractivity contribution >= 4 is 11.7 Å². The van der Waals surface area contributed by atoms with Gasteiger partial charge >= 0.3 is 6.03 Å². The first-order chi connectivity index (χ1) is 9.38. The quantitative estimate of drug-likeness (QED) is 0.791. The summed E-state index contributed by atoms with van der Waals surface area (Å²) in [5.74, 6) is 0. The third kappa shape index (κ3) is 3.51. The monoisotopic (exact) mass is 275 g/mol. The summed E-state index contributed by atoms with van der Waals surface area (Å²) in [5.41, 5.74) is 7.85. The van der Waals surface area contributed by atoms with Gasteiger partial charge in [0, 0.05) is 17.8 Å². The maximum absolute atomic E-state index is 12.0. The van der Waals surface area contributed by atoms with Gasteiger partial charge < -0.3 is 16.4 Å². The van der Waals surface area contributed by atoms with Crippen LogP contribution in [0, 0.1) is 5.41 Å². The fourth-order valence-electron chi connectivity index (χ4n) is 2.79. The summed E-state index contributed by atoms with van der Waals surface area (Å²) in [6.07, 6.45) is 3.41. The molecule has 1 aliphatic rings. The zero-order chi connectivity index (χ0) is 14.8. The molecule has 2 atom stereocenters. The number of amides is 2. The van der Waals surface area contributed by atoms with Crippen molar-refractivity contribution in [2.24, 2.45) is 11.1 Å². The van der Waals surface area contributed by atoms with E-state index in [1.807, 2.05) is 31.2 Å². The van der Waals surface area contributed by atoms with Crippen molar-refractivity contribution in [2.75, 3.05) is 5.32 Å². The molecular weight excluding hydrogens is 250 g/mol. The summed E-state index contributed by atoms with van der Waals surface area (Å²) in [6, 6.07) is 7.80. The summed E-state index contributed by atoms with van der Waals surface area (Å²) in [6.45, 7) is 6.36. The number of hydrogen-bond donors (Lipinski definition) is 3. The molecule has 2 rings (SSSR count). The van der Waals surface area contributed by atoms with Crippen LogP contribution in [0.15, 0.2) is 24.3 Å². The number of carbonyl (C=O) groups is 1. The molecule has 0 radical (unpaired) electrons. The Hall–Kier alpha value is -1.55. The second kappa shape index (κ2) is 5.83. The first-order valence-electron chi connectivity index (χ1n) is 7.31. The molecule has 0 bridgehead atoms. The molecule has 4 nitrogen and oxygen atoms in total. The molecule has 1 fully saturated rings. The van der Waals surface area contributed by atoms with Gasteiger partial charge in [0.15, 0.2) is 0 Å². The van der Waals surface area contributed by atoms with Crippen LogP contribution in [0.25, 0.3) is 0 Å². The minimum absolute atomic E-state index is 0.0113. The second-order valence-electron chi connectivity index (χ2n) is 6.44. The topological polar surface area (TPSA) is 67.1 Å². The molecule has 1 aromatic carbocycles. The Morgan fingerprint density at radius 2 is 2.00 bits per heavy atom. The van der Waals surface area contributed by atoms with Crippen LogP contribution in [0.4, 0.5) is 10.5 Å². The van der Waals surface area contributed by atoms with E-state index in [4.69, 9.17) is 5.73 Å². The largest absolute Gasteiger partial charge is 0.335 e. The summed E-state index contributed by atoms with van der Waals surface area (Å²) >= 11 is 0. The van der Waals surface area contributed by atoms with Crippen molar-refractivity contribution in [3.8, 4) is 0 Å². The Labute approximate surface area is 121 Å². The lowest BCUT2D eigenvalue weighted by molar-refractivity contribution is 0.233. The molecule has 0 aromatic heterocycles. The van der Waals surface area contributed by atoms with Gasteiger partial charge in [0.05, 0.1) is 0 Å². The summed E-state index contributed by atoms with van der Waals surface area (Å²) in [4.78, 5) is 12.0. The highest BCUT2D eigenvalue weighted by molar-refractivity contribution is 5.89. The van der Waals surface area contributed by atoms with Crippen molar-refractivity contribution in [1.29, 1.82) is 0 Å². The number of nitrogens with two attached hydrogens (primary N) is 1. The van der Waals surface area contributed by atoms with E-state index in [1.54, 1.807) is 0 Å². The van der Waals surface area contributed by atoms with Crippen LogP contribution in [0.1, 0.15) is 51.6 Å². The predicted octanol–water partition coefficient (Wildman–Crippen LogP) is 3.41. The molecule has 4 heteroatoms. The summed E-state index contributed by atoms with van der Waals surface area (Å²) < 4.78 is 0. The van der Waals surface area contributed by atoms with Gasteiger partial charge in [0.2, 0.25) is 0 Å². The minimum atomic E-state index is -0.126. The maximum atomic E-state index is 12.0. The van der Waals surface area contributed by atoms with Crippen molar-refractivity contribution < 1.29 is 4.79 Å². The third-order valence-electron chi connectivity index (χ3n) is 4.26. The van der Waals surface area contributed by atoms with Gasteiger partial charge in [-0.15, -0.1) is 0 Å². The molecule has 0 aliphatic heterocycles. The Morgan fingerprint density at radius 1 is 1.35 bits per heavy atom. The SMILES string of the molecule is CC(N)c1ccc(NC(=O)NC2CCCC2(C)C)cc1. The predicted molar refractivity (Wildman–Crippen MR) is 82.6 cm³/mol. The first-order valence-corrected chi connectivity index (χ1v) is 7.31. The van der Waals surface area contributed by atoms with Gasteiger partial charge in [0.1, 0.15) is 0 Å². The highest BCUT2D eigenvalue weighted by Gasteiger charge is 2.35. The second-order valence-corrected chi connectivity index (χ2v) is 6.44. The van der Waals surface area contributed by atoms with Crippen LogP contribution in [-0.4, -0.2) is 12.1 Å². The standard InChI is InChI=1S/C16H25N3O/c1-11(17)12-6-8-13(9-7-12)18-15(20)19-14-5-4-10-16(14,2)3/h6-9,11,14H,4-5,10,17H2,1-3H3,(H2,18,19,20). The highest BCUT2D eigenvalue weighted by Crippen LogP contribution is 2.37. The normalized spacial score (nSPS) is 22.3. The molecule has 0 spiro atoms. The molecule has 1 aromatic rings. The molecule has 110 valence electrons. The van der Waals surface area contributed by atoms with Gasteiger partial charge in [-0.25, -0.2) is 4.79 Å². The van der Waals surface area contributed by atoms with Gasteiger partial charge in [-0.05, 0) is 42.9 Å². The molecule has 0 saturated heterocycles. The van der Waals surface area contributed by atoms with E-state index in [9.17, 15) is 4.79 Å². The molecule has 1 saturated carbocycles. The Morgan fingerprint density at radius 3 is 2.50 bits per heavy atom. The van der Waals surface area contributed by atoms with Gasteiger partial charge in [-0.3, -0.25) is 0 Å². The number of nitrogens with one attached hydrogen (secondary N) is 2. The summed E-state index contributed by atoms with van der Waals surface area (Å²) in [7, 11) is 0. The fraction of sp³-hybridized carbons (Fsp3) is 0.562. The Kier molecular flexibility index (Phi) is 4.33.